The average Bonchev–Trinajstić information content (AvgIpc) is 2.38. The van der Waals surface area contributed by atoms with Crippen LogP contribution in [0.25, 0.3) is 0 Å². The summed E-state index contributed by atoms with van der Waals surface area (Å²) in [6, 6.07) is 0. The second-order valence-corrected chi connectivity index (χ2v) is 5.11. The molecule has 0 saturated carbocycles. The maximum atomic E-state index is 5.57. The fraction of sp³-hybridized carbons (Fsp3) is 0.875. The largest absolute Gasteiger partial charge is 0.356 e. The van der Waals surface area contributed by atoms with Gasteiger partial charge in [0, 0.05) is 13.0 Å². The third kappa shape index (κ3) is 9.67. The topological polar surface area (TPSA) is 18.5 Å². The van der Waals surface area contributed by atoms with Crippen molar-refractivity contribution in [1.82, 2.24) is 0 Å². The fourth-order valence-corrected chi connectivity index (χ4v) is 2.19. The number of hydrogen-bond acceptors (Lipinski definition) is 2. The Balaban J connectivity index is 3.48. The second kappa shape index (κ2) is 13.1. The summed E-state index contributed by atoms with van der Waals surface area (Å²) in [7, 11) is 1.72. The van der Waals surface area contributed by atoms with Gasteiger partial charge in [-0.25, -0.2) is 0 Å². The van der Waals surface area contributed by atoms with Crippen LogP contribution in [0, 0.1) is 5.92 Å². The molecule has 0 radical (unpaired) electrons. The molecule has 0 aromatic carbocycles. The van der Waals surface area contributed by atoms with Crippen LogP contribution in [0.5, 0.6) is 0 Å². The van der Waals surface area contributed by atoms with Gasteiger partial charge < -0.3 is 9.47 Å². The van der Waals surface area contributed by atoms with Gasteiger partial charge in [-0.3, -0.25) is 0 Å². The molecule has 0 rings (SSSR count). The molecule has 0 spiro atoms. The van der Waals surface area contributed by atoms with Crippen LogP contribution >= 0.6 is 0 Å². The Morgan fingerprint density at radius 2 is 1.67 bits per heavy atom. The lowest BCUT2D eigenvalue weighted by Crippen LogP contribution is -2.24. The monoisotopic (exact) mass is 256 g/mol. The van der Waals surface area contributed by atoms with E-state index in [4.69, 9.17) is 9.47 Å². The normalized spacial score (nSPS) is 14.4. The predicted molar refractivity (Wildman–Crippen MR) is 78.7 cm³/mol. The van der Waals surface area contributed by atoms with Crippen LogP contribution in [0.2, 0.25) is 0 Å². The number of hydrogen-bond donors (Lipinski definition) is 0. The van der Waals surface area contributed by atoms with E-state index in [0.717, 1.165) is 0 Å². The molecule has 2 heteroatoms. The number of ether oxygens (including phenoxy) is 2. The number of rotatable bonds is 13. The molecule has 0 fully saturated rings. The van der Waals surface area contributed by atoms with E-state index in [-0.39, 0.29) is 6.29 Å². The molecule has 0 aromatic rings. The average molecular weight is 256 g/mol. The first kappa shape index (κ1) is 17.7. The van der Waals surface area contributed by atoms with E-state index in [0.29, 0.717) is 12.5 Å². The Morgan fingerprint density at radius 1 is 1.06 bits per heavy atom. The summed E-state index contributed by atoms with van der Waals surface area (Å²) < 4.78 is 10.9. The van der Waals surface area contributed by atoms with E-state index in [2.05, 4.69) is 20.4 Å². The van der Waals surface area contributed by atoms with Gasteiger partial charge in [-0.2, -0.15) is 0 Å². The van der Waals surface area contributed by atoms with Gasteiger partial charge in [0.05, 0.1) is 6.61 Å². The lowest BCUT2D eigenvalue weighted by Gasteiger charge is -2.22. The van der Waals surface area contributed by atoms with Crippen molar-refractivity contribution in [2.24, 2.45) is 5.92 Å². The predicted octanol–water partition coefficient (Wildman–Crippen LogP) is 4.94. The van der Waals surface area contributed by atoms with E-state index in [1.165, 1.54) is 51.4 Å². The van der Waals surface area contributed by atoms with Crippen LogP contribution in [0.3, 0.4) is 0 Å². The molecule has 0 aliphatic rings. The maximum absolute atomic E-state index is 5.57. The summed E-state index contributed by atoms with van der Waals surface area (Å²) >= 11 is 0. The van der Waals surface area contributed by atoms with Crippen LogP contribution < -0.4 is 0 Å². The Kier molecular flexibility index (Phi) is 12.9. The third-order valence-electron chi connectivity index (χ3n) is 3.34. The first-order valence-corrected chi connectivity index (χ1v) is 7.51. The zero-order chi connectivity index (χ0) is 13.6. The minimum Gasteiger partial charge on any atom is -0.356 e. The van der Waals surface area contributed by atoms with E-state index in [1.54, 1.807) is 13.2 Å². The summed E-state index contributed by atoms with van der Waals surface area (Å²) in [5, 5.41) is 0. The first-order valence-electron chi connectivity index (χ1n) is 7.51. The minimum atomic E-state index is -0.0805. The molecule has 0 amide bonds. The zero-order valence-electron chi connectivity index (χ0n) is 12.6. The van der Waals surface area contributed by atoms with E-state index < -0.39 is 0 Å². The van der Waals surface area contributed by atoms with Crippen molar-refractivity contribution in [2.75, 3.05) is 13.7 Å². The highest BCUT2D eigenvalue weighted by Crippen LogP contribution is 2.17. The van der Waals surface area contributed by atoms with Crippen molar-refractivity contribution >= 4 is 0 Å². The highest BCUT2D eigenvalue weighted by molar-refractivity contribution is 4.66. The molecule has 0 aliphatic carbocycles. The van der Waals surface area contributed by atoms with E-state index in [9.17, 15) is 0 Å². The van der Waals surface area contributed by atoms with Gasteiger partial charge in [0.15, 0.2) is 6.29 Å². The van der Waals surface area contributed by atoms with Gasteiger partial charge in [0.2, 0.25) is 0 Å². The van der Waals surface area contributed by atoms with Crippen LogP contribution in [0.15, 0.2) is 12.7 Å². The lowest BCUT2D eigenvalue weighted by atomic mass is 10.0. The molecule has 0 N–H and O–H groups in total. The fourth-order valence-electron chi connectivity index (χ4n) is 2.19. The van der Waals surface area contributed by atoms with Crippen molar-refractivity contribution in [3.63, 3.8) is 0 Å². The summed E-state index contributed by atoms with van der Waals surface area (Å²) in [5.41, 5.74) is 0. The number of methoxy groups -OCH3 is 1. The van der Waals surface area contributed by atoms with Crippen LogP contribution in [0.4, 0.5) is 0 Å². The van der Waals surface area contributed by atoms with Gasteiger partial charge in [-0.15, -0.1) is 6.58 Å². The molecule has 2 unspecified atom stereocenters. The van der Waals surface area contributed by atoms with Crippen molar-refractivity contribution in [1.29, 1.82) is 0 Å². The SMILES string of the molecule is C=CCOC(OC)C(C)CCCCCCCCC. The molecule has 0 aromatic heterocycles. The summed E-state index contributed by atoms with van der Waals surface area (Å²) in [6.07, 6.45) is 12.4. The molecule has 0 bridgehead atoms. The smallest absolute Gasteiger partial charge is 0.160 e. The minimum absolute atomic E-state index is 0.0805. The Hall–Kier alpha value is -0.340. The Labute approximate surface area is 114 Å². The summed E-state index contributed by atoms with van der Waals surface area (Å²) in [6.45, 7) is 8.69. The molecule has 0 saturated heterocycles. The van der Waals surface area contributed by atoms with Crippen molar-refractivity contribution < 1.29 is 9.47 Å². The highest BCUT2D eigenvalue weighted by Gasteiger charge is 2.15. The molecule has 2 nitrogen and oxygen atoms in total. The highest BCUT2D eigenvalue weighted by atomic mass is 16.7. The van der Waals surface area contributed by atoms with E-state index >= 15 is 0 Å². The molecule has 108 valence electrons. The van der Waals surface area contributed by atoms with Crippen molar-refractivity contribution in [3.05, 3.63) is 12.7 Å². The molecular formula is C16H32O2. The second-order valence-electron chi connectivity index (χ2n) is 5.11. The van der Waals surface area contributed by atoms with Crippen molar-refractivity contribution in [3.8, 4) is 0 Å². The van der Waals surface area contributed by atoms with Crippen LogP contribution in [-0.2, 0) is 9.47 Å². The van der Waals surface area contributed by atoms with Gasteiger partial charge in [-0.1, -0.05) is 64.9 Å². The Morgan fingerprint density at radius 3 is 2.22 bits per heavy atom. The zero-order valence-corrected chi connectivity index (χ0v) is 12.6. The molecular weight excluding hydrogens is 224 g/mol. The standard InChI is InChI=1S/C16H32O2/c1-5-7-8-9-10-11-12-13-15(3)16(17-4)18-14-6-2/h6,15-16H,2,5,7-14H2,1,3-4H3. The van der Waals surface area contributed by atoms with Crippen LogP contribution in [-0.4, -0.2) is 20.0 Å². The quantitative estimate of drug-likeness (QED) is 0.264. The summed E-state index contributed by atoms with van der Waals surface area (Å²) in [5.74, 6) is 0.464. The molecule has 2 atom stereocenters. The molecule has 0 aliphatic heterocycles. The van der Waals surface area contributed by atoms with Gasteiger partial charge >= 0.3 is 0 Å². The first-order chi connectivity index (χ1) is 8.76. The number of unbranched alkanes of at least 4 members (excludes halogenated alkanes) is 6. The summed E-state index contributed by atoms with van der Waals surface area (Å²) in [4.78, 5) is 0. The lowest BCUT2D eigenvalue weighted by molar-refractivity contribution is -0.146. The maximum Gasteiger partial charge on any atom is 0.160 e. The Bertz CT molecular complexity index is 180. The van der Waals surface area contributed by atoms with Crippen LogP contribution in [0.1, 0.15) is 65.2 Å². The van der Waals surface area contributed by atoms with Gasteiger partial charge in [0.25, 0.3) is 0 Å². The molecule has 0 heterocycles. The van der Waals surface area contributed by atoms with Gasteiger partial charge in [0.1, 0.15) is 0 Å². The third-order valence-corrected chi connectivity index (χ3v) is 3.34. The van der Waals surface area contributed by atoms with E-state index in [1.807, 2.05) is 0 Å². The van der Waals surface area contributed by atoms with Gasteiger partial charge in [-0.05, 0) is 6.42 Å². The molecule has 18 heavy (non-hydrogen) atoms. The van der Waals surface area contributed by atoms with Crippen molar-refractivity contribution in [2.45, 2.75) is 71.5 Å².